The maximum atomic E-state index is 11.2. The van der Waals surface area contributed by atoms with E-state index in [0.29, 0.717) is 37.0 Å². The molecule has 0 fully saturated rings. The van der Waals surface area contributed by atoms with Gasteiger partial charge in [0, 0.05) is 26.3 Å². The van der Waals surface area contributed by atoms with E-state index in [-0.39, 0.29) is 10.6 Å². The number of nitro benzene ring substituents is 1. The van der Waals surface area contributed by atoms with Crippen LogP contribution in [-0.4, -0.2) is 31.2 Å². The second-order valence-corrected chi connectivity index (χ2v) is 5.24. The van der Waals surface area contributed by atoms with Crippen LogP contribution in [-0.2, 0) is 4.74 Å². The molecule has 0 unspecified atom stereocenters. The molecular formula is C15H25N3O3. The van der Waals surface area contributed by atoms with Gasteiger partial charge in [-0.05, 0) is 31.4 Å². The van der Waals surface area contributed by atoms with Crippen LogP contribution in [0.25, 0.3) is 0 Å². The van der Waals surface area contributed by atoms with E-state index in [1.165, 1.54) is 0 Å². The minimum Gasteiger partial charge on any atom is -0.381 e. The third-order valence-electron chi connectivity index (χ3n) is 2.82. The lowest BCUT2D eigenvalue weighted by molar-refractivity contribution is -0.383. The molecular weight excluding hydrogens is 270 g/mol. The summed E-state index contributed by atoms with van der Waals surface area (Å²) in [4.78, 5) is 10.9. The van der Waals surface area contributed by atoms with Crippen molar-refractivity contribution >= 4 is 17.1 Å². The summed E-state index contributed by atoms with van der Waals surface area (Å²) in [6.07, 6.45) is 0.815. The summed E-state index contributed by atoms with van der Waals surface area (Å²) in [5, 5.41) is 17.4. The van der Waals surface area contributed by atoms with Crippen LogP contribution in [0.15, 0.2) is 18.2 Å². The summed E-state index contributed by atoms with van der Waals surface area (Å²) in [5.74, 6) is 0.524. The van der Waals surface area contributed by atoms with Crippen molar-refractivity contribution < 1.29 is 9.66 Å². The highest BCUT2D eigenvalue weighted by atomic mass is 16.6. The molecule has 6 heteroatoms. The average Bonchev–Trinajstić information content (AvgIpc) is 2.42. The fourth-order valence-corrected chi connectivity index (χ4v) is 1.93. The molecule has 0 aliphatic carbocycles. The lowest BCUT2D eigenvalue weighted by atomic mass is 10.2. The molecule has 0 aliphatic heterocycles. The summed E-state index contributed by atoms with van der Waals surface area (Å²) >= 11 is 0. The third-order valence-corrected chi connectivity index (χ3v) is 2.82. The fraction of sp³-hybridized carbons (Fsp3) is 0.600. The summed E-state index contributed by atoms with van der Waals surface area (Å²) in [6, 6.07) is 5.26. The standard InChI is InChI=1S/C15H25N3O3/c1-4-16-13-7-5-8-14(15(13)18(19)20)17-9-6-10-21-11-12(2)3/h5,7-8,12,16-17H,4,6,9-11H2,1-3H3. The Morgan fingerprint density at radius 1 is 1.29 bits per heavy atom. The van der Waals surface area contributed by atoms with Crippen LogP contribution >= 0.6 is 0 Å². The Hall–Kier alpha value is -1.82. The average molecular weight is 295 g/mol. The highest BCUT2D eigenvalue weighted by Gasteiger charge is 2.18. The molecule has 118 valence electrons. The lowest BCUT2D eigenvalue weighted by Crippen LogP contribution is -2.10. The van der Waals surface area contributed by atoms with Crippen LogP contribution in [0.1, 0.15) is 27.2 Å². The Kier molecular flexibility index (Phi) is 7.53. The van der Waals surface area contributed by atoms with E-state index < -0.39 is 0 Å². The van der Waals surface area contributed by atoms with Gasteiger partial charge in [-0.1, -0.05) is 19.9 Å². The molecule has 0 aromatic heterocycles. The number of ether oxygens (including phenoxy) is 1. The number of hydrogen-bond acceptors (Lipinski definition) is 5. The monoisotopic (exact) mass is 295 g/mol. The zero-order valence-corrected chi connectivity index (χ0v) is 13.0. The summed E-state index contributed by atoms with van der Waals surface area (Å²) in [7, 11) is 0. The van der Waals surface area contributed by atoms with Gasteiger partial charge in [-0.25, -0.2) is 0 Å². The Bertz CT molecular complexity index is 450. The molecule has 0 saturated carbocycles. The highest BCUT2D eigenvalue weighted by molar-refractivity contribution is 5.76. The number of benzene rings is 1. The number of nitro groups is 1. The van der Waals surface area contributed by atoms with Crippen molar-refractivity contribution in [1.29, 1.82) is 0 Å². The zero-order valence-electron chi connectivity index (χ0n) is 13.0. The van der Waals surface area contributed by atoms with E-state index in [4.69, 9.17) is 4.74 Å². The van der Waals surface area contributed by atoms with E-state index >= 15 is 0 Å². The second kappa shape index (κ2) is 9.18. The minimum atomic E-state index is -0.352. The number of nitrogens with one attached hydrogen (secondary N) is 2. The number of anilines is 2. The first-order chi connectivity index (χ1) is 10.1. The maximum Gasteiger partial charge on any atom is 0.315 e. The van der Waals surface area contributed by atoms with Gasteiger partial charge in [-0.15, -0.1) is 0 Å². The Morgan fingerprint density at radius 3 is 2.52 bits per heavy atom. The van der Waals surface area contributed by atoms with Crippen LogP contribution in [0.2, 0.25) is 0 Å². The highest BCUT2D eigenvalue weighted by Crippen LogP contribution is 2.32. The molecule has 0 amide bonds. The van der Waals surface area contributed by atoms with Gasteiger partial charge in [0.1, 0.15) is 11.4 Å². The maximum absolute atomic E-state index is 11.2. The molecule has 0 bridgehead atoms. The van der Waals surface area contributed by atoms with E-state index in [1.54, 1.807) is 12.1 Å². The Balaban J connectivity index is 2.54. The molecule has 0 heterocycles. The van der Waals surface area contributed by atoms with Crippen molar-refractivity contribution in [2.24, 2.45) is 5.92 Å². The van der Waals surface area contributed by atoms with Gasteiger partial charge in [0.05, 0.1) is 4.92 Å². The number of nitrogens with zero attached hydrogens (tertiary/aromatic N) is 1. The zero-order chi connectivity index (χ0) is 15.7. The molecule has 0 aliphatic rings. The van der Waals surface area contributed by atoms with E-state index in [0.717, 1.165) is 13.0 Å². The topological polar surface area (TPSA) is 76.4 Å². The first-order valence-corrected chi connectivity index (χ1v) is 7.39. The van der Waals surface area contributed by atoms with Crippen LogP contribution in [0.5, 0.6) is 0 Å². The van der Waals surface area contributed by atoms with Crippen LogP contribution in [0, 0.1) is 16.0 Å². The molecule has 0 radical (unpaired) electrons. The molecule has 1 aromatic carbocycles. The summed E-state index contributed by atoms with van der Waals surface area (Å²) in [5.41, 5.74) is 1.19. The number of para-hydroxylation sites is 1. The molecule has 1 aromatic rings. The minimum absolute atomic E-state index is 0.0995. The number of rotatable bonds is 10. The van der Waals surface area contributed by atoms with Gasteiger partial charge < -0.3 is 15.4 Å². The predicted molar refractivity (Wildman–Crippen MR) is 86.0 cm³/mol. The van der Waals surface area contributed by atoms with Gasteiger partial charge in [0.15, 0.2) is 0 Å². The third kappa shape index (κ3) is 5.99. The van der Waals surface area contributed by atoms with Gasteiger partial charge in [-0.3, -0.25) is 10.1 Å². The van der Waals surface area contributed by atoms with Gasteiger partial charge in [-0.2, -0.15) is 0 Å². The van der Waals surface area contributed by atoms with E-state index in [9.17, 15) is 10.1 Å². The van der Waals surface area contributed by atoms with Crippen LogP contribution in [0.4, 0.5) is 17.1 Å². The molecule has 0 spiro atoms. The fourth-order valence-electron chi connectivity index (χ4n) is 1.93. The van der Waals surface area contributed by atoms with Crippen molar-refractivity contribution in [2.75, 3.05) is 36.9 Å². The van der Waals surface area contributed by atoms with Crippen molar-refractivity contribution in [3.63, 3.8) is 0 Å². The quantitative estimate of drug-likeness (QED) is 0.392. The Morgan fingerprint density at radius 2 is 1.95 bits per heavy atom. The van der Waals surface area contributed by atoms with E-state index in [1.807, 2.05) is 13.0 Å². The first kappa shape index (κ1) is 17.2. The summed E-state index contributed by atoms with van der Waals surface area (Å²) < 4.78 is 5.49. The largest absolute Gasteiger partial charge is 0.381 e. The number of hydrogen-bond donors (Lipinski definition) is 2. The van der Waals surface area contributed by atoms with Crippen molar-refractivity contribution in [2.45, 2.75) is 27.2 Å². The van der Waals surface area contributed by atoms with Crippen LogP contribution < -0.4 is 10.6 Å². The smallest absolute Gasteiger partial charge is 0.315 e. The predicted octanol–water partition coefficient (Wildman–Crippen LogP) is 3.50. The van der Waals surface area contributed by atoms with Crippen molar-refractivity contribution in [1.82, 2.24) is 0 Å². The van der Waals surface area contributed by atoms with Gasteiger partial charge in [0.2, 0.25) is 0 Å². The van der Waals surface area contributed by atoms with Gasteiger partial charge >= 0.3 is 5.69 Å². The van der Waals surface area contributed by atoms with Gasteiger partial charge in [0.25, 0.3) is 0 Å². The Labute approximate surface area is 126 Å². The SMILES string of the molecule is CCNc1cccc(NCCCOCC(C)C)c1[N+](=O)[O-]. The molecule has 21 heavy (non-hydrogen) atoms. The van der Waals surface area contributed by atoms with Crippen molar-refractivity contribution in [3.8, 4) is 0 Å². The van der Waals surface area contributed by atoms with Crippen LogP contribution in [0.3, 0.4) is 0 Å². The van der Waals surface area contributed by atoms with Crippen molar-refractivity contribution in [3.05, 3.63) is 28.3 Å². The molecule has 0 atom stereocenters. The summed E-state index contributed by atoms with van der Waals surface area (Å²) in [6.45, 7) is 8.82. The first-order valence-electron chi connectivity index (χ1n) is 7.39. The normalized spacial score (nSPS) is 10.7. The lowest BCUT2D eigenvalue weighted by Gasteiger charge is -2.11. The molecule has 1 rings (SSSR count). The second-order valence-electron chi connectivity index (χ2n) is 5.24. The molecule has 2 N–H and O–H groups in total. The van der Waals surface area contributed by atoms with E-state index in [2.05, 4.69) is 24.5 Å². The molecule has 6 nitrogen and oxygen atoms in total. The molecule has 0 saturated heterocycles.